The van der Waals surface area contributed by atoms with Crippen molar-refractivity contribution in [2.24, 2.45) is 4.99 Å². The molecular weight excluding hydrogens is 329 g/mol. The fraction of sp³-hybridized carbons (Fsp3) is 0.381. The summed E-state index contributed by atoms with van der Waals surface area (Å²) in [6.07, 6.45) is 1.97. The van der Waals surface area contributed by atoms with Gasteiger partial charge in [0.05, 0.1) is 6.04 Å². The molecule has 2 aromatic carbocycles. The van der Waals surface area contributed by atoms with Crippen molar-refractivity contribution < 1.29 is 9.13 Å². The lowest BCUT2D eigenvalue weighted by molar-refractivity contribution is 0.104. The lowest BCUT2D eigenvalue weighted by Gasteiger charge is -2.39. The number of amidine groups is 1. The van der Waals surface area contributed by atoms with Crippen LogP contribution in [0.2, 0.25) is 0 Å². The zero-order chi connectivity index (χ0) is 17.9. The van der Waals surface area contributed by atoms with Gasteiger partial charge in [0.1, 0.15) is 12.5 Å². The van der Waals surface area contributed by atoms with Crippen molar-refractivity contribution in [3.63, 3.8) is 0 Å². The summed E-state index contributed by atoms with van der Waals surface area (Å²) >= 11 is 0. The predicted molar refractivity (Wildman–Crippen MR) is 101 cm³/mol. The van der Waals surface area contributed by atoms with E-state index < -0.39 is 0 Å². The van der Waals surface area contributed by atoms with E-state index in [9.17, 15) is 4.39 Å². The molecule has 2 aliphatic heterocycles. The van der Waals surface area contributed by atoms with Crippen LogP contribution in [-0.2, 0) is 11.2 Å². The van der Waals surface area contributed by atoms with Gasteiger partial charge in [-0.25, -0.2) is 9.38 Å². The third-order valence-corrected chi connectivity index (χ3v) is 5.07. The van der Waals surface area contributed by atoms with Crippen LogP contribution in [0.25, 0.3) is 0 Å². The maximum absolute atomic E-state index is 13.5. The van der Waals surface area contributed by atoms with Crippen molar-refractivity contribution in [2.75, 3.05) is 33.4 Å². The van der Waals surface area contributed by atoms with E-state index in [1.54, 1.807) is 0 Å². The topological polar surface area (TPSA) is 28.1 Å². The van der Waals surface area contributed by atoms with Gasteiger partial charge in [-0.15, -0.1) is 0 Å². The van der Waals surface area contributed by atoms with E-state index in [2.05, 4.69) is 41.1 Å². The van der Waals surface area contributed by atoms with Crippen molar-refractivity contribution in [2.45, 2.75) is 18.9 Å². The molecule has 0 aliphatic carbocycles. The van der Waals surface area contributed by atoms with E-state index in [0.717, 1.165) is 38.0 Å². The molecule has 0 amide bonds. The first-order chi connectivity index (χ1) is 12.7. The van der Waals surface area contributed by atoms with Gasteiger partial charge in [0.25, 0.3) is 6.02 Å². The van der Waals surface area contributed by atoms with Gasteiger partial charge in [-0.3, -0.25) is 4.90 Å². The van der Waals surface area contributed by atoms with Crippen LogP contribution in [0.15, 0.2) is 53.5 Å². The van der Waals surface area contributed by atoms with E-state index in [0.29, 0.717) is 12.8 Å². The van der Waals surface area contributed by atoms with Crippen molar-refractivity contribution in [1.82, 2.24) is 9.80 Å². The first-order valence-corrected chi connectivity index (χ1v) is 9.18. The van der Waals surface area contributed by atoms with Crippen LogP contribution < -0.4 is 0 Å². The summed E-state index contributed by atoms with van der Waals surface area (Å²) in [6, 6.07) is 15.9. The molecule has 2 aromatic rings. The monoisotopic (exact) mass is 353 g/mol. The number of benzene rings is 2. The van der Waals surface area contributed by atoms with Crippen molar-refractivity contribution >= 4 is 6.02 Å². The standard InChI is InChI=1S/C21H24FN3O/c1-24-13-4-12-23-21(26-15-24)25-14-11-16-5-2-3-6-19(16)20(25)17-7-9-18(22)10-8-17/h2-3,5-10,20H,4,11-15H2,1H3/b23-21-/t20-/m0/s1. The molecule has 0 fully saturated rings. The van der Waals surface area contributed by atoms with Gasteiger partial charge in [-0.05, 0) is 48.7 Å². The zero-order valence-corrected chi connectivity index (χ0v) is 15.1. The van der Waals surface area contributed by atoms with Gasteiger partial charge in [-0.2, -0.15) is 0 Å². The fourth-order valence-electron chi connectivity index (χ4n) is 3.74. The summed E-state index contributed by atoms with van der Waals surface area (Å²) in [4.78, 5) is 9.12. The molecule has 4 rings (SSSR count). The largest absolute Gasteiger partial charge is 0.449 e. The summed E-state index contributed by atoms with van der Waals surface area (Å²) in [5.41, 5.74) is 3.63. The molecule has 136 valence electrons. The summed E-state index contributed by atoms with van der Waals surface area (Å²) in [5.74, 6) is -0.217. The summed E-state index contributed by atoms with van der Waals surface area (Å²) < 4.78 is 19.5. The van der Waals surface area contributed by atoms with Crippen LogP contribution >= 0.6 is 0 Å². The Hall–Kier alpha value is -2.40. The molecule has 0 saturated heterocycles. The molecule has 0 radical (unpaired) electrons. The first-order valence-electron chi connectivity index (χ1n) is 9.18. The minimum Gasteiger partial charge on any atom is -0.449 e. The Kier molecular flexibility index (Phi) is 4.89. The average Bonchev–Trinajstić information content (AvgIpc) is 2.65. The summed E-state index contributed by atoms with van der Waals surface area (Å²) in [7, 11) is 2.06. The minimum atomic E-state index is -0.217. The first kappa shape index (κ1) is 17.0. The highest BCUT2D eigenvalue weighted by atomic mass is 19.1. The van der Waals surface area contributed by atoms with Crippen LogP contribution in [0.4, 0.5) is 4.39 Å². The van der Waals surface area contributed by atoms with Crippen molar-refractivity contribution in [3.05, 3.63) is 71.0 Å². The highest BCUT2D eigenvalue weighted by Crippen LogP contribution is 2.35. The Morgan fingerprint density at radius 1 is 1.08 bits per heavy atom. The van der Waals surface area contributed by atoms with Crippen LogP contribution in [-0.4, -0.2) is 49.2 Å². The average molecular weight is 353 g/mol. The molecule has 0 saturated carbocycles. The number of hydrogen-bond acceptors (Lipinski definition) is 4. The summed E-state index contributed by atoms with van der Waals surface area (Å²) in [5, 5.41) is 0. The number of hydrogen-bond donors (Lipinski definition) is 0. The number of rotatable bonds is 1. The zero-order valence-electron chi connectivity index (χ0n) is 15.1. The maximum atomic E-state index is 13.5. The third-order valence-electron chi connectivity index (χ3n) is 5.07. The Labute approximate surface area is 153 Å². The highest BCUT2D eigenvalue weighted by Gasteiger charge is 2.32. The highest BCUT2D eigenvalue weighted by molar-refractivity contribution is 5.75. The Bertz CT molecular complexity index is 790. The Morgan fingerprint density at radius 3 is 2.73 bits per heavy atom. The van der Waals surface area contributed by atoms with Gasteiger partial charge in [0.2, 0.25) is 0 Å². The molecule has 2 heterocycles. The molecule has 0 spiro atoms. The van der Waals surface area contributed by atoms with Crippen LogP contribution in [0.3, 0.4) is 0 Å². The molecular formula is C21H24FN3O. The maximum Gasteiger partial charge on any atom is 0.289 e. The second kappa shape index (κ2) is 7.46. The number of halogens is 1. The quantitative estimate of drug-likeness (QED) is 0.786. The van der Waals surface area contributed by atoms with Crippen molar-refractivity contribution in [1.29, 1.82) is 0 Å². The van der Waals surface area contributed by atoms with Gasteiger partial charge >= 0.3 is 0 Å². The van der Waals surface area contributed by atoms with E-state index in [4.69, 9.17) is 9.73 Å². The number of aliphatic imine (C=N–C) groups is 1. The van der Waals surface area contributed by atoms with E-state index in [-0.39, 0.29) is 11.9 Å². The van der Waals surface area contributed by atoms with Gasteiger partial charge < -0.3 is 9.64 Å². The molecule has 0 bridgehead atoms. The second-order valence-corrected chi connectivity index (χ2v) is 6.97. The lowest BCUT2D eigenvalue weighted by atomic mass is 9.88. The van der Waals surface area contributed by atoms with E-state index in [1.165, 1.54) is 23.3 Å². The Morgan fingerprint density at radius 2 is 1.88 bits per heavy atom. The number of nitrogens with zero attached hydrogens (tertiary/aromatic N) is 3. The molecule has 0 unspecified atom stereocenters. The predicted octanol–water partition coefficient (Wildman–Crippen LogP) is 3.44. The van der Waals surface area contributed by atoms with E-state index in [1.807, 2.05) is 12.1 Å². The minimum absolute atomic E-state index is 0.0102. The van der Waals surface area contributed by atoms with Gasteiger partial charge in [0, 0.05) is 19.6 Å². The molecule has 2 aliphatic rings. The molecule has 5 heteroatoms. The normalized spacial score (nSPS) is 23.2. The second-order valence-electron chi connectivity index (χ2n) is 6.97. The summed E-state index contributed by atoms with van der Waals surface area (Å²) in [6.45, 7) is 3.11. The van der Waals surface area contributed by atoms with Crippen LogP contribution in [0.5, 0.6) is 0 Å². The van der Waals surface area contributed by atoms with E-state index >= 15 is 0 Å². The molecule has 0 N–H and O–H groups in total. The van der Waals surface area contributed by atoms with Crippen LogP contribution in [0, 0.1) is 5.82 Å². The molecule has 1 atom stereocenters. The lowest BCUT2D eigenvalue weighted by Crippen LogP contribution is -2.44. The number of ether oxygens (including phenoxy) is 1. The Balaban J connectivity index is 1.74. The molecule has 26 heavy (non-hydrogen) atoms. The molecule has 4 nitrogen and oxygen atoms in total. The SMILES string of the molecule is CN1CCC/N=C(/N2CCc3ccccc3[C@@H]2c2ccc(F)cc2)OC1. The number of fused-ring (bicyclic) bond motifs is 1. The van der Waals surface area contributed by atoms with Gasteiger partial charge in [0.15, 0.2) is 0 Å². The molecule has 0 aromatic heterocycles. The van der Waals surface area contributed by atoms with Gasteiger partial charge in [-0.1, -0.05) is 36.4 Å². The van der Waals surface area contributed by atoms with Crippen molar-refractivity contribution in [3.8, 4) is 0 Å². The smallest absolute Gasteiger partial charge is 0.289 e. The third kappa shape index (κ3) is 3.44. The fourth-order valence-corrected chi connectivity index (χ4v) is 3.74. The van der Waals surface area contributed by atoms with Crippen LogP contribution in [0.1, 0.15) is 29.2 Å².